The minimum Gasteiger partial charge on any atom is -0.496 e. The van der Waals surface area contributed by atoms with Crippen molar-refractivity contribution in [1.82, 2.24) is 10.2 Å². The van der Waals surface area contributed by atoms with E-state index in [2.05, 4.69) is 34.2 Å². The summed E-state index contributed by atoms with van der Waals surface area (Å²) in [6.45, 7) is 4.59. The number of benzene rings is 1. The number of ether oxygens (including phenoxy) is 1. The lowest BCUT2D eigenvalue weighted by atomic mass is 10.2. The van der Waals surface area contributed by atoms with E-state index in [1.807, 2.05) is 17.0 Å². The predicted octanol–water partition coefficient (Wildman–Crippen LogP) is 2.56. The largest absolute Gasteiger partial charge is 0.496 e. The van der Waals surface area contributed by atoms with Crippen LogP contribution in [0.25, 0.3) is 0 Å². The summed E-state index contributed by atoms with van der Waals surface area (Å²) in [5.74, 6) is 1.12. The van der Waals surface area contributed by atoms with Gasteiger partial charge in [0.2, 0.25) is 5.91 Å². The lowest BCUT2D eigenvalue weighted by Gasteiger charge is -2.21. The van der Waals surface area contributed by atoms with Gasteiger partial charge in [0.1, 0.15) is 5.75 Å². The molecule has 0 aliphatic carbocycles. The second-order valence-electron chi connectivity index (χ2n) is 5.19. The third-order valence-corrected chi connectivity index (χ3v) is 4.16. The van der Waals surface area contributed by atoms with E-state index in [0.717, 1.165) is 36.3 Å². The molecule has 0 aromatic heterocycles. The second-order valence-corrected chi connectivity index (χ2v) is 6.05. The number of amides is 1. The molecule has 5 heteroatoms. The molecule has 0 saturated carbocycles. The van der Waals surface area contributed by atoms with Crippen LogP contribution < -0.4 is 10.1 Å². The molecule has 1 saturated heterocycles. The highest BCUT2D eigenvalue weighted by Crippen LogP contribution is 2.25. The van der Waals surface area contributed by atoms with Crippen molar-refractivity contribution in [2.24, 2.45) is 0 Å². The van der Waals surface area contributed by atoms with Crippen LogP contribution in [0.2, 0.25) is 0 Å². The summed E-state index contributed by atoms with van der Waals surface area (Å²) in [4.78, 5) is 13.5. The number of carbonyl (C=O) groups is 1. The molecular weight excluding hydrogens is 320 g/mol. The standard InChI is InChI=1S/C15H21BrN2O2/c1-11(10-18-7-3-4-15(18)19)17-9-12-5-6-14(20-2)13(16)8-12/h5-6,8,11,17H,3-4,7,9-10H2,1-2H3. The molecule has 0 bridgehead atoms. The molecule has 1 aromatic carbocycles. The Morgan fingerprint density at radius 1 is 1.50 bits per heavy atom. The third-order valence-electron chi connectivity index (χ3n) is 3.54. The highest BCUT2D eigenvalue weighted by Gasteiger charge is 2.21. The Hall–Kier alpha value is -1.07. The van der Waals surface area contributed by atoms with Crippen LogP contribution in [-0.2, 0) is 11.3 Å². The summed E-state index contributed by atoms with van der Waals surface area (Å²) < 4.78 is 6.17. The van der Waals surface area contributed by atoms with Crippen LogP contribution >= 0.6 is 15.9 Å². The van der Waals surface area contributed by atoms with Crippen molar-refractivity contribution in [3.63, 3.8) is 0 Å². The Bertz CT molecular complexity index is 479. The van der Waals surface area contributed by atoms with Crippen molar-refractivity contribution < 1.29 is 9.53 Å². The van der Waals surface area contributed by atoms with Crippen molar-refractivity contribution in [2.75, 3.05) is 20.2 Å². The van der Waals surface area contributed by atoms with Gasteiger partial charge in [-0.25, -0.2) is 0 Å². The summed E-state index contributed by atoms with van der Waals surface area (Å²) in [6, 6.07) is 6.34. The average molecular weight is 341 g/mol. The molecule has 1 aliphatic heterocycles. The van der Waals surface area contributed by atoms with Gasteiger partial charge >= 0.3 is 0 Å². The van der Waals surface area contributed by atoms with Crippen molar-refractivity contribution >= 4 is 21.8 Å². The molecule has 0 radical (unpaired) electrons. The Morgan fingerprint density at radius 3 is 2.90 bits per heavy atom. The molecule has 1 atom stereocenters. The number of hydrogen-bond donors (Lipinski definition) is 1. The third kappa shape index (κ3) is 3.96. The summed E-state index contributed by atoms with van der Waals surface area (Å²) in [7, 11) is 1.66. The van der Waals surface area contributed by atoms with Gasteiger partial charge in [-0.1, -0.05) is 6.07 Å². The summed E-state index contributed by atoms with van der Waals surface area (Å²) in [5, 5.41) is 3.46. The lowest BCUT2D eigenvalue weighted by molar-refractivity contribution is -0.127. The first-order chi connectivity index (χ1) is 9.60. The summed E-state index contributed by atoms with van der Waals surface area (Å²) >= 11 is 3.49. The molecule has 1 unspecified atom stereocenters. The van der Waals surface area contributed by atoms with Crippen molar-refractivity contribution in [3.8, 4) is 5.75 Å². The van der Waals surface area contributed by atoms with Crippen LogP contribution in [0.5, 0.6) is 5.75 Å². The minimum absolute atomic E-state index is 0.283. The number of carbonyl (C=O) groups excluding carboxylic acids is 1. The van der Waals surface area contributed by atoms with Crippen LogP contribution in [0.3, 0.4) is 0 Å². The van der Waals surface area contributed by atoms with Gasteiger partial charge in [0, 0.05) is 32.1 Å². The molecule has 20 heavy (non-hydrogen) atoms. The highest BCUT2D eigenvalue weighted by atomic mass is 79.9. The molecule has 1 fully saturated rings. The molecule has 4 nitrogen and oxygen atoms in total. The van der Waals surface area contributed by atoms with Gasteiger partial charge in [-0.3, -0.25) is 4.79 Å². The van der Waals surface area contributed by atoms with E-state index < -0.39 is 0 Å². The van der Waals surface area contributed by atoms with Crippen molar-refractivity contribution in [2.45, 2.75) is 32.4 Å². The summed E-state index contributed by atoms with van der Waals surface area (Å²) in [6.07, 6.45) is 1.70. The van der Waals surface area contributed by atoms with E-state index >= 15 is 0 Å². The van der Waals surface area contributed by atoms with Gasteiger partial charge in [-0.2, -0.15) is 0 Å². The zero-order valence-corrected chi connectivity index (χ0v) is 13.6. The lowest BCUT2D eigenvalue weighted by Crippen LogP contribution is -2.39. The fourth-order valence-electron chi connectivity index (χ4n) is 2.40. The van der Waals surface area contributed by atoms with Crippen LogP contribution in [0.1, 0.15) is 25.3 Å². The first-order valence-electron chi connectivity index (χ1n) is 6.93. The molecule has 1 amide bonds. The normalized spacial score (nSPS) is 16.6. The molecule has 1 N–H and O–H groups in total. The SMILES string of the molecule is COc1ccc(CNC(C)CN2CCCC2=O)cc1Br. The zero-order valence-electron chi connectivity index (χ0n) is 12.0. The fourth-order valence-corrected chi connectivity index (χ4v) is 2.99. The highest BCUT2D eigenvalue weighted by molar-refractivity contribution is 9.10. The number of methoxy groups -OCH3 is 1. The van der Waals surface area contributed by atoms with Crippen molar-refractivity contribution in [1.29, 1.82) is 0 Å². The number of halogens is 1. The Balaban J connectivity index is 1.82. The van der Waals surface area contributed by atoms with Crippen LogP contribution in [0.15, 0.2) is 22.7 Å². The molecule has 1 aromatic rings. The van der Waals surface area contributed by atoms with Crippen LogP contribution in [-0.4, -0.2) is 37.0 Å². The molecule has 1 heterocycles. The minimum atomic E-state index is 0.283. The number of nitrogens with zero attached hydrogens (tertiary/aromatic N) is 1. The maximum Gasteiger partial charge on any atom is 0.222 e. The van der Waals surface area contributed by atoms with Gasteiger partial charge in [0.15, 0.2) is 0 Å². The van der Waals surface area contributed by atoms with E-state index in [4.69, 9.17) is 4.74 Å². The van der Waals surface area contributed by atoms with E-state index in [0.29, 0.717) is 6.42 Å². The molecule has 110 valence electrons. The Labute approximate surface area is 128 Å². The molecular formula is C15H21BrN2O2. The predicted molar refractivity (Wildman–Crippen MR) is 82.8 cm³/mol. The zero-order chi connectivity index (χ0) is 14.5. The molecule has 0 spiro atoms. The van der Waals surface area contributed by atoms with Gasteiger partial charge in [0.05, 0.1) is 11.6 Å². The first kappa shape index (κ1) is 15.3. The van der Waals surface area contributed by atoms with Gasteiger partial charge < -0.3 is 15.0 Å². The maximum absolute atomic E-state index is 11.6. The van der Waals surface area contributed by atoms with Gasteiger partial charge in [-0.15, -0.1) is 0 Å². The van der Waals surface area contributed by atoms with E-state index in [-0.39, 0.29) is 11.9 Å². The topological polar surface area (TPSA) is 41.6 Å². The molecule has 2 rings (SSSR count). The Kier molecular flexibility index (Phi) is 5.43. The second kappa shape index (κ2) is 7.09. The van der Waals surface area contributed by atoms with Crippen LogP contribution in [0.4, 0.5) is 0 Å². The monoisotopic (exact) mass is 340 g/mol. The quantitative estimate of drug-likeness (QED) is 0.865. The Morgan fingerprint density at radius 2 is 2.30 bits per heavy atom. The van der Waals surface area contributed by atoms with Crippen molar-refractivity contribution in [3.05, 3.63) is 28.2 Å². The summed E-state index contributed by atoms with van der Waals surface area (Å²) in [5.41, 5.74) is 1.19. The number of rotatable bonds is 6. The van der Waals surface area contributed by atoms with E-state index in [9.17, 15) is 4.79 Å². The fraction of sp³-hybridized carbons (Fsp3) is 0.533. The van der Waals surface area contributed by atoms with Gasteiger partial charge in [-0.05, 0) is 47.0 Å². The number of nitrogens with one attached hydrogen (secondary N) is 1. The van der Waals surface area contributed by atoms with E-state index in [1.165, 1.54) is 5.56 Å². The first-order valence-corrected chi connectivity index (χ1v) is 7.73. The maximum atomic E-state index is 11.6. The van der Waals surface area contributed by atoms with E-state index in [1.54, 1.807) is 7.11 Å². The number of hydrogen-bond acceptors (Lipinski definition) is 3. The van der Waals surface area contributed by atoms with Crippen LogP contribution in [0, 0.1) is 0 Å². The number of likely N-dealkylation sites (tertiary alicyclic amines) is 1. The average Bonchev–Trinajstić information content (AvgIpc) is 2.82. The van der Waals surface area contributed by atoms with Gasteiger partial charge in [0.25, 0.3) is 0 Å². The molecule has 1 aliphatic rings. The smallest absolute Gasteiger partial charge is 0.222 e.